The van der Waals surface area contributed by atoms with Gasteiger partial charge >= 0.3 is 0 Å². The maximum atomic E-state index is 12.5. The number of nitrogens with one attached hydrogen (secondary N) is 1. The van der Waals surface area contributed by atoms with Crippen molar-refractivity contribution >= 4 is 21.4 Å². The Balaban J connectivity index is 1.63. The zero-order chi connectivity index (χ0) is 18.4. The van der Waals surface area contributed by atoms with Crippen molar-refractivity contribution < 1.29 is 13.2 Å². The van der Waals surface area contributed by atoms with Crippen molar-refractivity contribution in [2.24, 2.45) is 5.92 Å². The predicted molar refractivity (Wildman–Crippen MR) is 104 cm³/mol. The first-order chi connectivity index (χ1) is 12.5. The average molecular weight is 372 g/mol. The molecule has 0 aromatic heterocycles. The highest BCUT2D eigenvalue weighted by molar-refractivity contribution is 7.90. The number of sulfone groups is 1. The van der Waals surface area contributed by atoms with Gasteiger partial charge in [-0.2, -0.15) is 0 Å². The van der Waals surface area contributed by atoms with Crippen molar-refractivity contribution in [2.45, 2.75) is 49.2 Å². The molecule has 0 spiro atoms. The van der Waals surface area contributed by atoms with Gasteiger partial charge in [-0.1, -0.05) is 49.6 Å². The smallest absolute Gasteiger partial charge is 0.224 e. The molecule has 0 bridgehead atoms. The number of carbonyl (C=O) groups is 1. The summed E-state index contributed by atoms with van der Waals surface area (Å²) in [5, 5.41) is 2.92. The zero-order valence-electron chi connectivity index (χ0n) is 14.9. The van der Waals surface area contributed by atoms with E-state index in [0.29, 0.717) is 28.5 Å². The van der Waals surface area contributed by atoms with Crippen molar-refractivity contribution in [3.8, 4) is 0 Å². The summed E-state index contributed by atoms with van der Waals surface area (Å²) in [6.07, 6.45) is 6.50. The first kappa shape index (κ1) is 18.6. The second-order valence-corrected chi connectivity index (χ2v) is 9.02. The standard InChI is InChI=1S/C21H25NO3S/c23-21(15-17-8-3-1-4-9-17)22-19-11-7-10-18(14-19)16-26(24,25)20-12-5-2-6-13-20/h2,5-7,10-14,17H,1,3-4,8-9,15-16H2,(H,22,23). The molecule has 0 atom stereocenters. The maximum absolute atomic E-state index is 12.5. The third kappa shape index (κ3) is 5.18. The van der Waals surface area contributed by atoms with Crippen molar-refractivity contribution in [3.05, 3.63) is 60.2 Å². The largest absolute Gasteiger partial charge is 0.326 e. The molecule has 1 aliphatic rings. The van der Waals surface area contributed by atoms with Gasteiger partial charge in [0.2, 0.25) is 5.91 Å². The Bertz CT molecular complexity index is 841. The average Bonchev–Trinajstić information content (AvgIpc) is 2.63. The Hall–Kier alpha value is -2.14. The summed E-state index contributed by atoms with van der Waals surface area (Å²) in [5.74, 6) is 0.411. The minimum Gasteiger partial charge on any atom is -0.326 e. The molecule has 1 amide bonds. The first-order valence-corrected chi connectivity index (χ1v) is 10.8. The van der Waals surface area contributed by atoms with Gasteiger partial charge in [0, 0.05) is 12.1 Å². The number of hydrogen-bond acceptors (Lipinski definition) is 3. The molecule has 1 saturated carbocycles. The number of anilines is 1. The minimum absolute atomic E-state index is 0.0139. The molecule has 2 aromatic rings. The van der Waals surface area contributed by atoms with Crippen LogP contribution in [0.5, 0.6) is 0 Å². The Labute approximate surface area is 155 Å². The van der Waals surface area contributed by atoms with Gasteiger partial charge in [0.25, 0.3) is 0 Å². The van der Waals surface area contributed by atoms with Crippen molar-refractivity contribution in [3.63, 3.8) is 0 Å². The second kappa shape index (κ2) is 8.49. The van der Waals surface area contributed by atoms with Gasteiger partial charge < -0.3 is 5.32 Å². The lowest BCUT2D eigenvalue weighted by molar-refractivity contribution is -0.117. The molecule has 0 saturated heterocycles. The SMILES string of the molecule is O=C(CC1CCCCC1)Nc1cccc(CS(=O)(=O)c2ccccc2)c1. The fourth-order valence-electron chi connectivity index (χ4n) is 3.53. The summed E-state index contributed by atoms with van der Waals surface area (Å²) < 4.78 is 25.0. The molecule has 0 radical (unpaired) electrons. The number of amides is 1. The summed E-state index contributed by atoms with van der Waals surface area (Å²) in [7, 11) is -3.39. The number of carbonyl (C=O) groups excluding carboxylic acids is 1. The van der Waals surface area contributed by atoms with E-state index in [1.165, 1.54) is 19.3 Å². The van der Waals surface area contributed by atoms with E-state index in [4.69, 9.17) is 0 Å². The lowest BCUT2D eigenvalue weighted by Gasteiger charge is -2.20. The van der Waals surface area contributed by atoms with Crippen LogP contribution in [0.25, 0.3) is 0 Å². The lowest BCUT2D eigenvalue weighted by atomic mass is 9.87. The molecule has 0 aliphatic heterocycles. The van der Waals surface area contributed by atoms with Crippen molar-refractivity contribution in [2.75, 3.05) is 5.32 Å². The van der Waals surface area contributed by atoms with Gasteiger partial charge in [0.05, 0.1) is 10.6 Å². The van der Waals surface area contributed by atoms with Crippen LogP contribution >= 0.6 is 0 Å². The van der Waals surface area contributed by atoms with Crippen LogP contribution in [0.3, 0.4) is 0 Å². The highest BCUT2D eigenvalue weighted by atomic mass is 32.2. The van der Waals surface area contributed by atoms with Crippen LogP contribution in [-0.2, 0) is 20.4 Å². The Morgan fingerprint density at radius 3 is 2.42 bits per heavy atom. The maximum Gasteiger partial charge on any atom is 0.224 e. The van der Waals surface area contributed by atoms with Crippen LogP contribution in [0.1, 0.15) is 44.1 Å². The van der Waals surface area contributed by atoms with Crippen LogP contribution in [0.4, 0.5) is 5.69 Å². The van der Waals surface area contributed by atoms with Gasteiger partial charge in [0.1, 0.15) is 0 Å². The lowest BCUT2D eigenvalue weighted by Crippen LogP contribution is -2.18. The fourth-order valence-corrected chi connectivity index (χ4v) is 4.89. The van der Waals surface area contributed by atoms with E-state index in [1.54, 1.807) is 54.6 Å². The van der Waals surface area contributed by atoms with Crippen LogP contribution < -0.4 is 5.32 Å². The van der Waals surface area contributed by atoms with Gasteiger partial charge in [-0.25, -0.2) is 8.42 Å². The summed E-state index contributed by atoms with van der Waals surface area (Å²) in [4.78, 5) is 12.6. The van der Waals surface area contributed by atoms with Crippen molar-refractivity contribution in [1.82, 2.24) is 0 Å². The van der Waals surface area contributed by atoms with E-state index in [9.17, 15) is 13.2 Å². The van der Waals surface area contributed by atoms with Gasteiger partial charge in [-0.15, -0.1) is 0 Å². The van der Waals surface area contributed by atoms with E-state index in [1.807, 2.05) is 0 Å². The summed E-state index contributed by atoms with van der Waals surface area (Å²) >= 11 is 0. The molecule has 26 heavy (non-hydrogen) atoms. The molecule has 3 rings (SSSR count). The van der Waals surface area contributed by atoms with Gasteiger partial charge in [-0.3, -0.25) is 4.79 Å². The molecule has 0 unspecified atom stereocenters. The fraction of sp³-hybridized carbons (Fsp3) is 0.381. The van der Waals surface area contributed by atoms with E-state index < -0.39 is 9.84 Å². The molecule has 1 N–H and O–H groups in total. The molecule has 4 nitrogen and oxygen atoms in total. The number of rotatable bonds is 6. The zero-order valence-corrected chi connectivity index (χ0v) is 15.7. The minimum atomic E-state index is -3.39. The van der Waals surface area contributed by atoms with E-state index in [2.05, 4.69) is 5.32 Å². The van der Waals surface area contributed by atoms with Crippen LogP contribution in [0.15, 0.2) is 59.5 Å². The van der Waals surface area contributed by atoms with Crippen LogP contribution in [0.2, 0.25) is 0 Å². The van der Waals surface area contributed by atoms with Crippen molar-refractivity contribution in [1.29, 1.82) is 0 Å². The van der Waals surface area contributed by atoms with E-state index >= 15 is 0 Å². The van der Waals surface area contributed by atoms with Crippen LogP contribution in [-0.4, -0.2) is 14.3 Å². The third-order valence-electron chi connectivity index (χ3n) is 4.87. The number of benzene rings is 2. The van der Waals surface area contributed by atoms with Crippen LogP contribution in [0, 0.1) is 5.92 Å². The molecule has 5 heteroatoms. The summed E-state index contributed by atoms with van der Waals surface area (Å²) in [5.41, 5.74) is 1.33. The monoisotopic (exact) mass is 371 g/mol. The second-order valence-electron chi connectivity index (χ2n) is 7.03. The first-order valence-electron chi connectivity index (χ1n) is 9.19. The molecule has 1 aliphatic carbocycles. The predicted octanol–water partition coefficient (Wildman–Crippen LogP) is 4.57. The van der Waals surface area contributed by atoms with Gasteiger partial charge in [0.15, 0.2) is 9.84 Å². The Morgan fingerprint density at radius 2 is 1.69 bits per heavy atom. The van der Waals surface area contributed by atoms with E-state index in [-0.39, 0.29) is 11.7 Å². The normalized spacial score (nSPS) is 15.5. The topological polar surface area (TPSA) is 63.2 Å². The summed E-state index contributed by atoms with van der Waals surface area (Å²) in [6.45, 7) is 0. The van der Waals surface area contributed by atoms with Gasteiger partial charge in [-0.05, 0) is 48.6 Å². The Kier molecular flexibility index (Phi) is 6.09. The third-order valence-corrected chi connectivity index (χ3v) is 6.57. The van der Waals surface area contributed by atoms with E-state index in [0.717, 1.165) is 12.8 Å². The molecular formula is C21H25NO3S. The molecule has 138 valence electrons. The molecule has 0 heterocycles. The highest BCUT2D eigenvalue weighted by Crippen LogP contribution is 2.27. The molecule has 2 aromatic carbocycles. The molecular weight excluding hydrogens is 346 g/mol. The molecule has 1 fully saturated rings. The quantitative estimate of drug-likeness (QED) is 0.809. The number of hydrogen-bond donors (Lipinski definition) is 1. The highest BCUT2D eigenvalue weighted by Gasteiger charge is 2.18. The Morgan fingerprint density at radius 1 is 0.962 bits per heavy atom. The summed E-state index contributed by atoms with van der Waals surface area (Å²) in [6, 6.07) is 15.5.